The summed E-state index contributed by atoms with van der Waals surface area (Å²) in [4.78, 5) is 18.7. The van der Waals surface area contributed by atoms with E-state index in [1.807, 2.05) is 35.2 Å². The van der Waals surface area contributed by atoms with Crippen LogP contribution in [0.2, 0.25) is 0 Å². The first-order valence-corrected chi connectivity index (χ1v) is 9.09. The Balaban J connectivity index is 1.30. The van der Waals surface area contributed by atoms with Gasteiger partial charge < -0.3 is 14.4 Å². The second-order valence-corrected chi connectivity index (χ2v) is 6.68. The number of rotatable bonds is 5. The van der Waals surface area contributed by atoms with E-state index in [2.05, 4.69) is 10.1 Å². The van der Waals surface area contributed by atoms with Gasteiger partial charge in [-0.3, -0.25) is 4.79 Å². The number of fused-ring (bicyclic) bond motifs is 1. The van der Waals surface area contributed by atoms with Gasteiger partial charge in [-0.05, 0) is 43.0 Å². The highest BCUT2D eigenvalue weighted by atomic mass is 16.5. The summed E-state index contributed by atoms with van der Waals surface area (Å²) in [5, 5.41) is 4.37. The summed E-state index contributed by atoms with van der Waals surface area (Å²) >= 11 is 0. The van der Waals surface area contributed by atoms with E-state index in [4.69, 9.17) is 9.47 Å². The lowest BCUT2D eigenvalue weighted by Gasteiger charge is -2.32. The third-order valence-corrected chi connectivity index (χ3v) is 4.92. The number of amides is 1. The minimum Gasteiger partial charge on any atom is -0.497 e. The maximum Gasteiger partial charge on any atom is 0.253 e. The fourth-order valence-corrected chi connectivity index (χ4v) is 3.32. The molecule has 0 atom stereocenters. The van der Waals surface area contributed by atoms with Crippen LogP contribution < -0.4 is 9.47 Å². The van der Waals surface area contributed by atoms with Crippen molar-refractivity contribution in [1.82, 2.24) is 19.5 Å². The van der Waals surface area contributed by atoms with E-state index in [1.165, 1.54) is 0 Å². The summed E-state index contributed by atoms with van der Waals surface area (Å²) in [5.41, 5.74) is 1.47. The number of methoxy groups -OCH3 is 1. The van der Waals surface area contributed by atoms with Crippen molar-refractivity contribution >= 4 is 11.6 Å². The Kier molecular flexibility index (Phi) is 4.91. The van der Waals surface area contributed by atoms with Gasteiger partial charge >= 0.3 is 0 Å². The van der Waals surface area contributed by atoms with Crippen LogP contribution in [0.25, 0.3) is 5.65 Å². The van der Waals surface area contributed by atoms with Crippen LogP contribution in [0.1, 0.15) is 23.2 Å². The van der Waals surface area contributed by atoms with Crippen LogP contribution in [-0.4, -0.2) is 52.2 Å². The van der Waals surface area contributed by atoms with E-state index >= 15 is 0 Å². The third kappa shape index (κ3) is 3.86. The van der Waals surface area contributed by atoms with Crippen molar-refractivity contribution in [2.45, 2.75) is 12.8 Å². The Morgan fingerprint density at radius 2 is 2.07 bits per heavy atom. The van der Waals surface area contributed by atoms with Crippen molar-refractivity contribution in [3.05, 3.63) is 54.4 Å². The standard InChI is InChI=1S/C20H22N4O3/c1-26-17-4-2-3-16(13-17)20(25)23-10-7-15(8-11-23)14-27-19-6-5-18-21-9-12-24(18)22-19/h2-6,9,12-13,15H,7-8,10-11,14H2,1H3. The molecule has 3 heterocycles. The van der Waals surface area contributed by atoms with Gasteiger partial charge in [0.15, 0.2) is 5.65 Å². The van der Waals surface area contributed by atoms with Crippen LogP contribution in [0.3, 0.4) is 0 Å². The molecular weight excluding hydrogens is 344 g/mol. The van der Waals surface area contributed by atoms with Gasteiger partial charge in [-0.2, -0.15) is 0 Å². The van der Waals surface area contributed by atoms with Crippen LogP contribution >= 0.6 is 0 Å². The lowest BCUT2D eigenvalue weighted by molar-refractivity contribution is 0.0658. The van der Waals surface area contributed by atoms with Crippen molar-refractivity contribution in [3.8, 4) is 11.6 Å². The molecule has 140 valence electrons. The number of benzene rings is 1. The van der Waals surface area contributed by atoms with Crippen LogP contribution in [0.15, 0.2) is 48.8 Å². The minimum absolute atomic E-state index is 0.0560. The van der Waals surface area contributed by atoms with E-state index < -0.39 is 0 Å². The maximum absolute atomic E-state index is 12.7. The van der Waals surface area contributed by atoms with E-state index in [0.717, 1.165) is 31.6 Å². The third-order valence-electron chi connectivity index (χ3n) is 4.92. The quantitative estimate of drug-likeness (QED) is 0.694. The lowest BCUT2D eigenvalue weighted by Crippen LogP contribution is -2.39. The predicted molar refractivity (Wildman–Crippen MR) is 100 cm³/mol. The molecule has 3 aromatic rings. The molecule has 27 heavy (non-hydrogen) atoms. The van der Waals surface area contributed by atoms with Gasteiger partial charge in [0.25, 0.3) is 5.91 Å². The SMILES string of the molecule is COc1cccc(C(=O)N2CCC(COc3ccc4nccn4n3)CC2)c1. The highest BCUT2D eigenvalue weighted by molar-refractivity contribution is 5.94. The molecule has 1 saturated heterocycles. The molecule has 1 fully saturated rings. The highest BCUT2D eigenvalue weighted by Crippen LogP contribution is 2.21. The highest BCUT2D eigenvalue weighted by Gasteiger charge is 2.24. The zero-order valence-corrected chi connectivity index (χ0v) is 15.2. The van der Waals surface area contributed by atoms with E-state index in [9.17, 15) is 4.79 Å². The van der Waals surface area contributed by atoms with Crippen molar-refractivity contribution in [3.63, 3.8) is 0 Å². The molecule has 0 N–H and O–H groups in total. The van der Waals surface area contributed by atoms with E-state index in [-0.39, 0.29) is 5.91 Å². The van der Waals surface area contributed by atoms with Gasteiger partial charge in [0.1, 0.15) is 5.75 Å². The molecule has 0 spiro atoms. The number of piperidine rings is 1. The number of hydrogen-bond donors (Lipinski definition) is 0. The molecule has 2 aromatic heterocycles. The maximum atomic E-state index is 12.7. The minimum atomic E-state index is 0.0560. The van der Waals surface area contributed by atoms with Crippen LogP contribution in [0.4, 0.5) is 0 Å². The number of nitrogens with zero attached hydrogens (tertiary/aromatic N) is 4. The Morgan fingerprint density at radius 3 is 2.89 bits per heavy atom. The van der Waals surface area contributed by atoms with E-state index in [1.54, 1.807) is 30.1 Å². The van der Waals surface area contributed by atoms with Crippen LogP contribution in [-0.2, 0) is 0 Å². The Bertz CT molecular complexity index is 932. The van der Waals surface area contributed by atoms with Gasteiger partial charge in [-0.1, -0.05) is 6.07 Å². The molecule has 0 radical (unpaired) electrons. The average molecular weight is 366 g/mol. The molecule has 1 aromatic carbocycles. The summed E-state index contributed by atoms with van der Waals surface area (Å²) < 4.78 is 12.8. The largest absolute Gasteiger partial charge is 0.497 e. The van der Waals surface area contributed by atoms with Gasteiger partial charge in [0.05, 0.1) is 13.7 Å². The summed E-state index contributed by atoms with van der Waals surface area (Å²) in [6.07, 6.45) is 5.35. The summed E-state index contributed by atoms with van der Waals surface area (Å²) in [6.45, 7) is 2.07. The second kappa shape index (κ2) is 7.65. The van der Waals surface area contributed by atoms with Crippen molar-refractivity contribution in [2.75, 3.05) is 26.8 Å². The number of carbonyl (C=O) groups is 1. The number of imidazole rings is 1. The van der Waals surface area contributed by atoms with Crippen molar-refractivity contribution < 1.29 is 14.3 Å². The summed E-state index contributed by atoms with van der Waals surface area (Å²) in [5.74, 6) is 1.77. The predicted octanol–water partition coefficient (Wildman–Crippen LogP) is 2.67. The Labute approximate surface area is 157 Å². The monoisotopic (exact) mass is 366 g/mol. The molecule has 1 aliphatic heterocycles. The fraction of sp³-hybridized carbons (Fsp3) is 0.350. The zero-order valence-electron chi connectivity index (χ0n) is 15.2. The fourth-order valence-electron chi connectivity index (χ4n) is 3.32. The molecule has 0 saturated carbocycles. The van der Waals surface area contributed by atoms with Gasteiger partial charge in [0.2, 0.25) is 5.88 Å². The van der Waals surface area contributed by atoms with Crippen LogP contribution in [0.5, 0.6) is 11.6 Å². The Morgan fingerprint density at radius 1 is 1.22 bits per heavy atom. The molecule has 0 unspecified atom stereocenters. The van der Waals surface area contributed by atoms with Gasteiger partial charge in [-0.25, -0.2) is 9.50 Å². The van der Waals surface area contributed by atoms with Crippen LogP contribution in [0, 0.1) is 5.92 Å². The molecule has 7 heteroatoms. The first kappa shape index (κ1) is 17.3. The molecule has 0 bridgehead atoms. The summed E-state index contributed by atoms with van der Waals surface area (Å²) in [7, 11) is 1.61. The second-order valence-electron chi connectivity index (χ2n) is 6.68. The lowest BCUT2D eigenvalue weighted by atomic mass is 9.97. The molecular formula is C20H22N4O3. The zero-order chi connectivity index (χ0) is 18.6. The molecule has 0 aliphatic carbocycles. The van der Waals surface area contributed by atoms with Crippen molar-refractivity contribution in [1.29, 1.82) is 0 Å². The summed E-state index contributed by atoms with van der Waals surface area (Å²) in [6, 6.07) is 11.0. The average Bonchev–Trinajstić information content (AvgIpc) is 3.20. The number of ether oxygens (including phenoxy) is 2. The molecule has 7 nitrogen and oxygen atoms in total. The first-order valence-electron chi connectivity index (χ1n) is 9.09. The molecule has 1 aliphatic rings. The number of likely N-dealkylation sites (tertiary alicyclic amines) is 1. The van der Waals surface area contributed by atoms with Gasteiger partial charge in [0, 0.05) is 37.1 Å². The van der Waals surface area contributed by atoms with E-state index in [0.29, 0.717) is 29.7 Å². The molecule has 1 amide bonds. The Hall–Kier alpha value is -3.09. The van der Waals surface area contributed by atoms with Gasteiger partial charge in [-0.15, -0.1) is 5.10 Å². The topological polar surface area (TPSA) is 69.0 Å². The molecule has 4 rings (SSSR count). The van der Waals surface area contributed by atoms with Crippen molar-refractivity contribution in [2.24, 2.45) is 5.92 Å². The first-order chi connectivity index (χ1) is 13.2. The number of aromatic nitrogens is 3. The number of hydrogen-bond acceptors (Lipinski definition) is 5. The number of carbonyl (C=O) groups excluding carboxylic acids is 1. The smallest absolute Gasteiger partial charge is 0.253 e. The normalized spacial score (nSPS) is 15.1.